The maximum absolute atomic E-state index is 11.9. The number of carboxylic acid groups (broad SMARTS) is 1. The molecule has 7 heteroatoms. The summed E-state index contributed by atoms with van der Waals surface area (Å²) in [6, 6.07) is 15.3. The molecular formula is C18H16N2O4S. The van der Waals surface area contributed by atoms with E-state index in [9.17, 15) is 18.3 Å². The molecule has 0 spiro atoms. The highest BCUT2D eigenvalue weighted by molar-refractivity contribution is 7.91. The van der Waals surface area contributed by atoms with Crippen LogP contribution in [0.1, 0.15) is 17.3 Å². The molecule has 0 amide bonds. The van der Waals surface area contributed by atoms with Gasteiger partial charge in [-0.05, 0) is 24.3 Å². The van der Waals surface area contributed by atoms with E-state index >= 15 is 0 Å². The zero-order valence-corrected chi connectivity index (χ0v) is 14.3. The van der Waals surface area contributed by atoms with E-state index in [2.05, 4.69) is 5.10 Å². The van der Waals surface area contributed by atoms with Crippen LogP contribution in [-0.4, -0.2) is 35.0 Å². The molecule has 6 nitrogen and oxygen atoms in total. The van der Waals surface area contributed by atoms with E-state index in [-0.39, 0.29) is 21.9 Å². The Kier molecular flexibility index (Phi) is 4.41. The quantitative estimate of drug-likeness (QED) is 0.759. The van der Waals surface area contributed by atoms with Crippen LogP contribution in [0.25, 0.3) is 16.9 Å². The molecule has 0 aliphatic heterocycles. The van der Waals surface area contributed by atoms with Gasteiger partial charge < -0.3 is 5.11 Å². The van der Waals surface area contributed by atoms with E-state index in [0.717, 1.165) is 5.69 Å². The second-order valence-corrected chi connectivity index (χ2v) is 7.68. The van der Waals surface area contributed by atoms with E-state index in [1.165, 1.54) is 23.0 Å². The highest BCUT2D eigenvalue weighted by atomic mass is 32.2. The third kappa shape index (κ3) is 3.32. The van der Waals surface area contributed by atoms with Crippen molar-refractivity contribution in [2.75, 3.05) is 5.75 Å². The van der Waals surface area contributed by atoms with Gasteiger partial charge in [-0.3, -0.25) is 0 Å². The van der Waals surface area contributed by atoms with E-state index in [1.807, 2.05) is 30.3 Å². The minimum absolute atomic E-state index is 0.00928. The fourth-order valence-electron chi connectivity index (χ4n) is 2.44. The van der Waals surface area contributed by atoms with Gasteiger partial charge in [-0.1, -0.05) is 37.3 Å². The molecule has 0 saturated carbocycles. The predicted octanol–water partition coefficient (Wildman–Crippen LogP) is 3.03. The van der Waals surface area contributed by atoms with Gasteiger partial charge >= 0.3 is 5.97 Å². The number of hydrogen-bond acceptors (Lipinski definition) is 4. The second-order valence-electron chi connectivity index (χ2n) is 5.40. The summed E-state index contributed by atoms with van der Waals surface area (Å²) in [6.07, 6.45) is 1.45. The molecule has 3 aromatic rings. The van der Waals surface area contributed by atoms with Crippen molar-refractivity contribution in [2.24, 2.45) is 0 Å². The first-order valence-corrected chi connectivity index (χ1v) is 9.29. The van der Waals surface area contributed by atoms with Crippen molar-refractivity contribution < 1.29 is 18.3 Å². The lowest BCUT2D eigenvalue weighted by atomic mass is 10.1. The second kappa shape index (κ2) is 6.52. The van der Waals surface area contributed by atoms with Gasteiger partial charge in [-0.2, -0.15) is 5.10 Å². The molecule has 0 fully saturated rings. The third-order valence-corrected chi connectivity index (χ3v) is 5.58. The number of aromatic carboxylic acids is 1. The molecule has 128 valence electrons. The Morgan fingerprint density at radius 3 is 2.28 bits per heavy atom. The first-order chi connectivity index (χ1) is 11.9. The summed E-state index contributed by atoms with van der Waals surface area (Å²) in [7, 11) is -3.30. The zero-order valence-electron chi connectivity index (χ0n) is 13.5. The van der Waals surface area contributed by atoms with Crippen molar-refractivity contribution >= 4 is 15.8 Å². The lowest BCUT2D eigenvalue weighted by Gasteiger charge is -2.03. The molecule has 0 saturated heterocycles. The number of carbonyl (C=O) groups is 1. The van der Waals surface area contributed by atoms with Crippen molar-refractivity contribution in [1.29, 1.82) is 0 Å². The maximum atomic E-state index is 11.9. The topological polar surface area (TPSA) is 89.3 Å². The summed E-state index contributed by atoms with van der Waals surface area (Å²) in [5.41, 5.74) is 1.62. The molecule has 25 heavy (non-hydrogen) atoms. The molecule has 0 atom stereocenters. The number of carboxylic acids is 1. The number of sulfone groups is 1. The first-order valence-electron chi connectivity index (χ1n) is 7.64. The summed E-state index contributed by atoms with van der Waals surface area (Å²) < 4.78 is 25.3. The lowest BCUT2D eigenvalue weighted by Crippen LogP contribution is -2.03. The largest absolute Gasteiger partial charge is 0.478 e. The average Bonchev–Trinajstić information content (AvgIpc) is 3.08. The summed E-state index contributed by atoms with van der Waals surface area (Å²) in [6.45, 7) is 1.58. The standard InChI is InChI=1S/C18H16N2O4S/c1-2-25(23,24)15-10-8-13(9-11-15)17-16(18(21)22)12-20(19-17)14-6-4-3-5-7-14/h3-12H,2H2,1H3,(H,21,22). The Morgan fingerprint density at radius 1 is 1.08 bits per heavy atom. The molecule has 0 aliphatic rings. The summed E-state index contributed by atoms with van der Waals surface area (Å²) in [5, 5.41) is 13.8. The highest BCUT2D eigenvalue weighted by Crippen LogP contribution is 2.25. The molecule has 2 aromatic carbocycles. The van der Waals surface area contributed by atoms with Crippen molar-refractivity contribution in [3.63, 3.8) is 0 Å². The van der Waals surface area contributed by atoms with E-state index in [4.69, 9.17) is 0 Å². The van der Waals surface area contributed by atoms with E-state index in [1.54, 1.807) is 19.1 Å². The predicted molar refractivity (Wildman–Crippen MR) is 93.7 cm³/mol. The Morgan fingerprint density at radius 2 is 1.72 bits per heavy atom. The SMILES string of the molecule is CCS(=O)(=O)c1ccc(-c2nn(-c3ccccc3)cc2C(=O)O)cc1. The molecular weight excluding hydrogens is 340 g/mol. The van der Waals surface area contributed by atoms with Gasteiger partial charge in [0, 0.05) is 11.8 Å². The zero-order chi connectivity index (χ0) is 18.0. The van der Waals surface area contributed by atoms with Crippen LogP contribution in [0.3, 0.4) is 0 Å². The summed E-state index contributed by atoms with van der Waals surface area (Å²) in [4.78, 5) is 11.8. The van der Waals surface area contributed by atoms with Crippen molar-refractivity contribution in [3.05, 3.63) is 66.4 Å². The third-order valence-electron chi connectivity index (χ3n) is 3.83. The fourth-order valence-corrected chi connectivity index (χ4v) is 3.33. The minimum Gasteiger partial charge on any atom is -0.478 e. The number of para-hydroxylation sites is 1. The van der Waals surface area contributed by atoms with Crippen LogP contribution < -0.4 is 0 Å². The molecule has 0 unspecified atom stereocenters. The highest BCUT2D eigenvalue weighted by Gasteiger charge is 2.19. The van der Waals surface area contributed by atoms with Crippen LogP contribution >= 0.6 is 0 Å². The normalized spacial score (nSPS) is 11.4. The van der Waals surface area contributed by atoms with Crippen LogP contribution in [0.15, 0.2) is 65.7 Å². The lowest BCUT2D eigenvalue weighted by molar-refractivity contribution is 0.0697. The average molecular weight is 356 g/mol. The smallest absolute Gasteiger partial charge is 0.339 e. The van der Waals surface area contributed by atoms with Gasteiger partial charge in [0.15, 0.2) is 9.84 Å². The molecule has 1 N–H and O–H groups in total. The monoisotopic (exact) mass is 356 g/mol. The molecule has 3 rings (SSSR count). The van der Waals surface area contributed by atoms with Gasteiger partial charge in [0.05, 0.1) is 16.3 Å². The summed E-state index contributed by atoms with van der Waals surface area (Å²) >= 11 is 0. The van der Waals surface area contributed by atoms with Crippen molar-refractivity contribution in [1.82, 2.24) is 9.78 Å². The minimum atomic E-state index is -3.30. The van der Waals surface area contributed by atoms with E-state index in [0.29, 0.717) is 5.56 Å². The van der Waals surface area contributed by atoms with E-state index < -0.39 is 15.8 Å². The molecule has 0 aliphatic carbocycles. The van der Waals surface area contributed by atoms with Crippen LogP contribution in [0.4, 0.5) is 0 Å². The molecule has 1 heterocycles. The van der Waals surface area contributed by atoms with Crippen LogP contribution in [-0.2, 0) is 9.84 Å². The number of rotatable bonds is 5. The number of hydrogen-bond donors (Lipinski definition) is 1. The number of nitrogens with zero attached hydrogens (tertiary/aromatic N) is 2. The number of benzene rings is 2. The van der Waals surface area contributed by atoms with Crippen LogP contribution in [0, 0.1) is 0 Å². The molecule has 1 aromatic heterocycles. The molecule has 0 bridgehead atoms. The fraction of sp³-hybridized carbons (Fsp3) is 0.111. The molecule has 0 radical (unpaired) electrons. The Balaban J connectivity index is 2.08. The Hall–Kier alpha value is -2.93. The van der Waals surface area contributed by atoms with Crippen LogP contribution in [0.2, 0.25) is 0 Å². The van der Waals surface area contributed by atoms with Crippen LogP contribution in [0.5, 0.6) is 0 Å². The van der Waals surface area contributed by atoms with Crippen molar-refractivity contribution in [2.45, 2.75) is 11.8 Å². The Labute approximate surface area is 145 Å². The van der Waals surface area contributed by atoms with Gasteiger partial charge in [-0.25, -0.2) is 17.9 Å². The van der Waals surface area contributed by atoms with Gasteiger partial charge in [-0.15, -0.1) is 0 Å². The maximum Gasteiger partial charge on any atom is 0.339 e. The Bertz CT molecular complexity index is 1010. The van der Waals surface area contributed by atoms with Gasteiger partial charge in [0.1, 0.15) is 11.3 Å². The summed E-state index contributed by atoms with van der Waals surface area (Å²) in [5.74, 6) is -1.09. The van der Waals surface area contributed by atoms with Gasteiger partial charge in [0.2, 0.25) is 0 Å². The number of aromatic nitrogens is 2. The first kappa shape index (κ1) is 16.9. The van der Waals surface area contributed by atoms with Crippen molar-refractivity contribution in [3.8, 4) is 16.9 Å². The van der Waals surface area contributed by atoms with Gasteiger partial charge in [0.25, 0.3) is 0 Å².